The number of benzene rings is 2. The van der Waals surface area contributed by atoms with Gasteiger partial charge in [-0.1, -0.05) is 86.7 Å². The quantitative estimate of drug-likeness (QED) is 0.740. The molecular formula is C22H23O2P. The predicted molar refractivity (Wildman–Crippen MR) is 105 cm³/mol. The van der Waals surface area contributed by atoms with Crippen LogP contribution in [0, 0.1) is 5.41 Å². The minimum atomic E-state index is -3.41. The van der Waals surface area contributed by atoms with E-state index in [-0.39, 0.29) is 10.9 Å². The van der Waals surface area contributed by atoms with Crippen molar-refractivity contribution in [2.45, 2.75) is 27.2 Å². The van der Waals surface area contributed by atoms with Crippen molar-refractivity contribution in [1.29, 1.82) is 0 Å². The Morgan fingerprint density at radius 1 is 0.920 bits per heavy atom. The number of hydrogen-bond acceptors (Lipinski definition) is 2. The third-order valence-corrected chi connectivity index (χ3v) is 7.48. The molecule has 2 nitrogen and oxygen atoms in total. The van der Waals surface area contributed by atoms with Crippen LogP contribution in [0.25, 0.3) is 0 Å². The fourth-order valence-corrected chi connectivity index (χ4v) is 5.89. The van der Waals surface area contributed by atoms with Gasteiger partial charge in [-0.15, -0.1) is 0 Å². The van der Waals surface area contributed by atoms with Crippen molar-refractivity contribution in [2.75, 3.05) is 0 Å². The van der Waals surface area contributed by atoms with Gasteiger partial charge in [-0.05, 0) is 24.3 Å². The molecular weight excluding hydrogens is 327 g/mol. The molecule has 0 atom stereocenters. The van der Waals surface area contributed by atoms with Crippen molar-refractivity contribution < 1.29 is 9.36 Å². The molecule has 2 aromatic carbocycles. The maximum absolute atomic E-state index is 14.1. The highest BCUT2D eigenvalue weighted by Crippen LogP contribution is 2.49. The van der Waals surface area contributed by atoms with Crippen LogP contribution in [0.4, 0.5) is 0 Å². The van der Waals surface area contributed by atoms with Gasteiger partial charge in [0.1, 0.15) is 0 Å². The standard InChI is InChI=1S/C22H23O2P/c1-17-16-22(2,3)15-14-20(17)21(23)25(24,18-10-6-4-7-11-18)19-12-8-5-9-13-19/h4-14,16H,15H2,1-3H3. The van der Waals surface area contributed by atoms with E-state index in [0.717, 1.165) is 12.0 Å². The molecule has 0 aromatic heterocycles. The molecule has 0 amide bonds. The summed E-state index contributed by atoms with van der Waals surface area (Å²) >= 11 is 0. The summed E-state index contributed by atoms with van der Waals surface area (Å²) in [5.41, 5.74) is 1.26. The molecule has 1 aliphatic rings. The maximum atomic E-state index is 14.1. The zero-order valence-electron chi connectivity index (χ0n) is 14.9. The predicted octanol–water partition coefficient (Wildman–Crippen LogP) is 4.83. The van der Waals surface area contributed by atoms with Gasteiger partial charge in [0, 0.05) is 16.2 Å². The van der Waals surface area contributed by atoms with Crippen molar-refractivity contribution in [3.63, 3.8) is 0 Å². The molecule has 2 aromatic rings. The van der Waals surface area contributed by atoms with E-state index in [1.54, 1.807) is 24.3 Å². The van der Waals surface area contributed by atoms with Crippen LogP contribution in [-0.2, 0) is 9.36 Å². The van der Waals surface area contributed by atoms with Gasteiger partial charge in [-0.25, -0.2) is 0 Å². The number of rotatable bonds is 4. The highest BCUT2D eigenvalue weighted by molar-refractivity contribution is 7.93. The number of carbonyl (C=O) groups is 1. The number of hydrogen-bond donors (Lipinski definition) is 0. The first-order valence-corrected chi connectivity index (χ1v) is 10.2. The Bertz CT molecular complexity index is 847. The van der Waals surface area contributed by atoms with E-state index in [4.69, 9.17) is 0 Å². The lowest BCUT2D eigenvalue weighted by Crippen LogP contribution is -2.25. The molecule has 0 heterocycles. The van der Waals surface area contributed by atoms with Gasteiger partial charge in [0.25, 0.3) is 0 Å². The van der Waals surface area contributed by atoms with Gasteiger partial charge in [0.15, 0.2) is 0 Å². The Kier molecular flexibility index (Phi) is 4.67. The van der Waals surface area contributed by atoms with E-state index in [1.807, 2.05) is 49.4 Å². The lowest BCUT2D eigenvalue weighted by molar-refractivity contribution is -0.108. The summed E-state index contributed by atoms with van der Waals surface area (Å²) in [5.74, 6) is 0. The molecule has 3 rings (SSSR count). The molecule has 0 saturated carbocycles. The largest absolute Gasteiger partial charge is 0.305 e. The summed E-state index contributed by atoms with van der Waals surface area (Å²) in [4.78, 5) is 13.5. The van der Waals surface area contributed by atoms with Gasteiger partial charge < -0.3 is 4.57 Å². The summed E-state index contributed by atoms with van der Waals surface area (Å²) < 4.78 is 14.1. The summed E-state index contributed by atoms with van der Waals surface area (Å²) in [5, 5.41) is 1.18. The zero-order chi connectivity index (χ0) is 18.1. The van der Waals surface area contributed by atoms with E-state index in [1.165, 1.54) is 0 Å². The molecule has 25 heavy (non-hydrogen) atoms. The molecule has 0 bridgehead atoms. The molecule has 0 radical (unpaired) electrons. The molecule has 0 unspecified atom stereocenters. The van der Waals surface area contributed by atoms with Gasteiger partial charge >= 0.3 is 0 Å². The van der Waals surface area contributed by atoms with E-state index >= 15 is 0 Å². The summed E-state index contributed by atoms with van der Waals surface area (Å²) in [6.07, 6.45) is 4.84. The maximum Gasteiger partial charge on any atom is 0.230 e. The SMILES string of the molecule is CC1=CC(C)(C)CC=C1C(=O)P(=O)(c1ccccc1)c1ccccc1. The first kappa shape index (κ1) is 17.6. The van der Waals surface area contributed by atoms with Crippen LogP contribution in [0.1, 0.15) is 27.2 Å². The number of carbonyl (C=O) groups excluding carboxylic acids is 1. The van der Waals surface area contributed by atoms with E-state index in [0.29, 0.717) is 16.2 Å². The Balaban J connectivity index is 2.15. The fraction of sp³-hybridized carbons (Fsp3) is 0.227. The lowest BCUT2D eigenvalue weighted by atomic mass is 9.81. The zero-order valence-corrected chi connectivity index (χ0v) is 15.8. The van der Waals surface area contributed by atoms with E-state index in [9.17, 15) is 9.36 Å². The average molecular weight is 350 g/mol. The second-order valence-corrected chi connectivity index (χ2v) is 9.88. The van der Waals surface area contributed by atoms with Crippen LogP contribution < -0.4 is 10.6 Å². The van der Waals surface area contributed by atoms with E-state index in [2.05, 4.69) is 19.9 Å². The van der Waals surface area contributed by atoms with Crippen molar-refractivity contribution in [2.24, 2.45) is 5.41 Å². The highest BCUT2D eigenvalue weighted by atomic mass is 31.2. The number of allylic oxidation sites excluding steroid dienone is 4. The minimum absolute atomic E-state index is 0.0251. The van der Waals surface area contributed by atoms with Crippen molar-refractivity contribution in [1.82, 2.24) is 0 Å². The van der Waals surface area contributed by atoms with Crippen molar-refractivity contribution >= 4 is 23.3 Å². The van der Waals surface area contributed by atoms with Crippen LogP contribution in [-0.4, -0.2) is 5.52 Å². The molecule has 0 N–H and O–H groups in total. The Morgan fingerprint density at radius 2 is 1.40 bits per heavy atom. The minimum Gasteiger partial charge on any atom is -0.305 e. The second-order valence-electron chi connectivity index (χ2n) is 7.22. The van der Waals surface area contributed by atoms with Gasteiger partial charge in [0.05, 0.1) is 0 Å². The first-order chi connectivity index (χ1) is 11.8. The van der Waals surface area contributed by atoms with Crippen LogP contribution in [0.2, 0.25) is 0 Å². The summed E-state index contributed by atoms with van der Waals surface area (Å²) in [6, 6.07) is 18.2. The Morgan fingerprint density at radius 3 is 1.84 bits per heavy atom. The van der Waals surface area contributed by atoms with Gasteiger partial charge in [0.2, 0.25) is 12.7 Å². The van der Waals surface area contributed by atoms with Crippen LogP contribution in [0.3, 0.4) is 0 Å². The molecule has 1 aliphatic carbocycles. The first-order valence-electron chi connectivity index (χ1n) is 8.51. The van der Waals surface area contributed by atoms with Crippen LogP contribution in [0.15, 0.2) is 84.0 Å². The molecule has 3 heteroatoms. The fourth-order valence-electron chi connectivity index (χ4n) is 3.33. The Labute approximate surface area is 149 Å². The summed E-state index contributed by atoms with van der Waals surface area (Å²) in [6.45, 7) is 6.22. The third kappa shape index (κ3) is 3.32. The monoisotopic (exact) mass is 350 g/mol. The Hall–Kier alpha value is -2.18. The normalized spacial score (nSPS) is 16.8. The third-order valence-electron chi connectivity index (χ3n) is 4.62. The lowest BCUT2D eigenvalue weighted by Gasteiger charge is -2.27. The summed E-state index contributed by atoms with van der Waals surface area (Å²) in [7, 11) is -3.41. The highest BCUT2D eigenvalue weighted by Gasteiger charge is 2.39. The molecule has 0 fully saturated rings. The van der Waals surface area contributed by atoms with E-state index < -0.39 is 7.14 Å². The van der Waals surface area contributed by atoms with Gasteiger partial charge in [-0.2, -0.15) is 0 Å². The van der Waals surface area contributed by atoms with Crippen molar-refractivity contribution in [3.8, 4) is 0 Å². The van der Waals surface area contributed by atoms with Crippen LogP contribution >= 0.6 is 7.14 Å². The van der Waals surface area contributed by atoms with Gasteiger partial charge in [-0.3, -0.25) is 4.79 Å². The molecule has 0 aliphatic heterocycles. The molecule has 0 saturated heterocycles. The molecule has 0 spiro atoms. The smallest absolute Gasteiger partial charge is 0.230 e. The van der Waals surface area contributed by atoms with Crippen molar-refractivity contribution in [3.05, 3.63) is 84.0 Å². The van der Waals surface area contributed by atoms with Crippen LogP contribution in [0.5, 0.6) is 0 Å². The topological polar surface area (TPSA) is 34.1 Å². The average Bonchev–Trinajstić information content (AvgIpc) is 2.61. The molecule has 128 valence electrons. The second kappa shape index (κ2) is 6.61.